The lowest BCUT2D eigenvalue weighted by Gasteiger charge is -2.13. The molecule has 0 atom stereocenters. The van der Waals surface area contributed by atoms with Crippen molar-refractivity contribution >= 4 is 5.97 Å². The molecule has 96 valence electrons. The van der Waals surface area contributed by atoms with Gasteiger partial charge in [0, 0.05) is 0 Å². The van der Waals surface area contributed by atoms with E-state index in [0.717, 1.165) is 12.1 Å². The van der Waals surface area contributed by atoms with Gasteiger partial charge in [0.25, 0.3) is 0 Å². The summed E-state index contributed by atoms with van der Waals surface area (Å²) in [5, 5.41) is 17.5. The maximum absolute atomic E-state index is 12.1. The van der Waals surface area contributed by atoms with E-state index in [1.165, 1.54) is 6.07 Å². The standard InChI is InChI=1S/C11H8F3NO3/c1-2-6-3-8(10(16)17)7(5-15)4-9(6)18-11(12,13)14/h3-4H,2H2,1H3,(H,16,17). The van der Waals surface area contributed by atoms with Crippen LogP contribution in [-0.2, 0) is 6.42 Å². The SMILES string of the molecule is CCc1cc(C(=O)O)c(C#N)cc1OC(F)(F)F. The van der Waals surface area contributed by atoms with Gasteiger partial charge in [0.1, 0.15) is 11.8 Å². The zero-order valence-corrected chi connectivity index (χ0v) is 9.21. The van der Waals surface area contributed by atoms with Crippen LogP contribution < -0.4 is 4.74 Å². The predicted molar refractivity (Wildman–Crippen MR) is 54.2 cm³/mol. The number of hydrogen-bond donors (Lipinski definition) is 1. The van der Waals surface area contributed by atoms with E-state index in [1.54, 1.807) is 6.92 Å². The number of nitrogens with zero attached hydrogens (tertiary/aromatic N) is 1. The molecule has 0 heterocycles. The molecule has 7 heteroatoms. The summed E-state index contributed by atoms with van der Waals surface area (Å²) in [6.45, 7) is 1.55. The summed E-state index contributed by atoms with van der Waals surface area (Å²) < 4.78 is 40.1. The Morgan fingerprint density at radius 3 is 2.50 bits per heavy atom. The number of carbonyl (C=O) groups is 1. The number of aromatic carboxylic acids is 1. The van der Waals surface area contributed by atoms with Gasteiger partial charge < -0.3 is 9.84 Å². The third-order valence-electron chi connectivity index (χ3n) is 2.16. The number of halogens is 3. The van der Waals surface area contributed by atoms with Crippen LogP contribution in [-0.4, -0.2) is 17.4 Å². The number of ether oxygens (including phenoxy) is 1. The highest BCUT2D eigenvalue weighted by molar-refractivity contribution is 5.91. The lowest BCUT2D eigenvalue weighted by molar-refractivity contribution is -0.274. The topological polar surface area (TPSA) is 70.3 Å². The van der Waals surface area contributed by atoms with Gasteiger partial charge in [0.05, 0.1) is 11.1 Å². The molecule has 0 aliphatic heterocycles. The lowest BCUT2D eigenvalue weighted by Crippen LogP contribution is -2.18. The highest BCUT2D eigenvalue weighted by Gasteiger charge is 2.32. The number of rotatable bonds is 3. The van der Waals surface area contributed by atoms with Crippen LogP contribution in [0, 0.1) is 11.3 Å². The van der Waals surface area contributed by atoms with Crippen molar-refractivity contribution in [3.8, 4) is 11.8 Å². The fourth-order valence-corrected chi connectivity index (χ4v) is 1.39. The smallest absolute Gasteiger partial charge is 0.478 e. The van der Waals surface area contributed by atoms with Crippen molar-refractivity contribution in [3.63, 3.8) is 0 Å². The van der Waals surface area contributed by atoms with E-state index in [0.29, 0.717) is 0 Å². The average Bonchev–Trinajstić information content (AvgIpc) is 2.25. The first-order valence-electron chi connectivity index (χ1n) is 4.84. The van der Waals surface area contributed by atoms with E-state index in [1.807, 2.05) is 0 Å². The fraction of sp³-hybridized carbons (Fsp3) is 0.273. The van der Waals surface area contributed by atoms with E-state index >= 15 is 0 Å². The third-order valence-corrected chi connectivity index (χ3v) is 2.16. The molecule has 0 unspecified atom stereocenters. The van der Waals surface area contributed by atoms with Gasteiger partial charge in [-0.3, -0.25) is 0 Å². The predicted octanol–water partition coefficient (Wildman–Crippen LogP) is 2.72. The van der Waals surface area contributed by atoms with E-state index in [4.69, 9.17) is 10.4 Å². The van der Waals surface area contributed by atoms with Crippen LogP contribution in [0.2, 0.25) is 0 Å². The maximum Gasteiger partial charge on any atom is 0.573 e. The third kappa shape index (κ3) is 3.13. The zero-order valence-electron chi connectivity index (χ0n) is 9.21. The molecule has 0 radical (unpaired) electrons. The highest BCUT2D eigenvalue weighted by atomic mass is 19.4. The maximum atomic E-state index is 12.1. The monoisotopic (exact) mass is 259 g/mol. The van der Waals surface area contributed by atoms with E-state index in [9.17, 15) is 18.0 Å². The normalized spacial score (nSPS) is 10.8. The summed E-state index contributed by atoms with van der Waals surface area (Å²) in [5.74, 6) is -1.92. The highest BCUT2D eigenvalue weighted by Crippen LogP contribution is 2.29. The molecular weight excluding hydrogens is 251 g/mol. The first-order valence-corrected chi connectivity index (χ1v) is 4.84. The Kier molecular flexibility index (Phi) is 3.81. The molecule has 0 aliphatic rings. The Morgan fingerprint density at radius 1 is 1.50 bits per heavy atom. The number of carboxylic acids is 1. The van der Waals surface area contributed by atoms with Gasteiger partial charge in [-0.15, -0.1) is 13.2 Å². The quantitative estimate of drug-likeness (QED) is 0.905. The summed E-state index contributed by atoms with van der Waals surface area (Å²) in [6.07, 6.45) is -4.74. The molecule has 0 saturated heterocycles. The van der Waals surface area contributed by atoms with Crippen LogP contribution in [0.3, 0.4) is 0 Å². The molecule has 0 aromatic heterocycles. The number of benzene rings is 1. The van der Waals surface area contributed by atoms with Crippen molar-refractivity contribution in [2.75, 3.05) is 0 Å². The number of hydrogen-bond acceptors (Lipinski definition) is 3. The molecule has 4 nitrogen and oxygen atoms in total. The second kappa shape index (κ2) is 4.96. The molecular formula is C11H8F3NO3. The minimum atomic E-state index is -4.89. The molecule has 1 aromatic rings. The summed E-state index contributed by atoms with van der Waals surface area (Å²) in [7, 11) is 0. The van der Waals surface area contributed by atoms with E-state index < -0.39 is 18.1 Å². The molecule has 1 rings (SSSR count). The van der Waals surface area contributed by atoms with Gasteiger partial charge in [-0.05, 0) is 24.1 Å². The molecule has 0 amide bonds. The van der Waals surface area contributed by atoms with Gasteiger partial charge in [-0.1, -0.05) is 6.92 Å². The van der Waals surface area contributed by atoms with Crippen LogP contribution in [0.15, 0.2) is 12.1 Å². The van der Waals surface area contributed by atoms with Crippen LogP contribution in [0.5, 0.6) is 5.75 Å². The Balaban J connectivity index is 3.36. The average molecular weight is 259 g/mol. The molecule has 0 spiro atoms. The molecule has 18 heavy (non-hydrogen) atoms. The van der Waals surface area contributed by atoms with E-state index in [-0.39, 0.29) is 23.1 Å². The molecule has 1 N–H and O–H groups in total. The van der Waals surface area contributed by atoms with Gasteiger partial charge in [-0.2, -0.15) is 5.26 Å². The Morgan fingerprint density at radius 2 is 2.11 bits per heavy atom. The number of nitriles is 1. The van der Waals surface area contributed by atoms with Crippen LogP contribution in [0.25, 0.3) is 0 Å². The van der Waals surface area contributed by atoms with Crippen molar-refractivity contribution in [3.05, 3.63) is 28.8 Å². The van der Waals surface area contributed by atoms with Crippen LogP contribution in [0.4, 0.5) is 13.2 Å². The van der Waals surface area contributed by atoms with Gasteiger partial charge in [0.15, 0.2) is 0 Å². The Bertz CT molecular complexity index is 517. The molecule has 1 aromatic carbocycles. The summed E-state index contributed by atoms with van der Waals surface area (Å²) in [5.41, 5.74) is -0.647. The molecule has 0 bridgehead atoms. The lowest BCUT2D eigenvalue weighted by atomic mass is 10.0. The van der Waals surface area contributed by atoms with Crippen molar-refractivity contribution in [2.45, 2.75) is 19.7 Å². The first kappa shape index (κ1) is 13.8. The zero-order chi connectivity index (χ0) is 13.9. The number of aryl methyl sites for hydroxylation is 1. The van der Waals surface area contributed by atoms with Crippen molar-refractivity contribution in [1.82, 2.24) is 0 Å². The van der Waals surface area contributed by atoms with Gasteiger partial charge in [-0.25, -0.2) is 4.79 Å². The number of carboxylic acid groups (broad SMARTS) is 1. The van der Waals surface area contributed by atoms with E-state index in [2.05, 4.69) is 4.74 Å². The van der Waals surface area contributed by atoms with Gasteiger partial charge in [0.2, 0.25) is 0 Å². The van der Waals surface area contributed by atoms with Gasteiger partial charge >= 0.3 is 12.3 Å². The first-order chi connectivity index (χ1) is 8.28. The van der Waals surface area contributed by atoms with Crippen molar-refractivity contribution in [2.24, 2.45) is 0 Å². The largest absolute Gasteiger partial charge is 0.573 e. The second-order valence-corrected chi connectivity index (χ2v) is 3.32. The van der Waals surface area contributed by atoms with Crippen molar-refractivity contribution in [1.29, 1.82) is 5.26 Å². The number of alkyl halides is 3. The summed E-state index contributed by atoms with van der Waals surface area (Å²) in [6, 6.07) is 3.33. The minimum absolute atomic E-state index is 0.0729. The molecule has 0 saturated carbocycles. The Hall–Kier alpha value is -2.23. The molecule has 0 aliphatic carbocycles. The fourth-order valence-electron chi connectivity index (χ4n) is 1.39. The summed E-state index contributed by atoms with van der Waals surface area (Å²) >= 11 is 0. The van der Waals surface area contributed by atoms with Crippen LogP contribution >= 0.6 is 0 Å². The van der Waals surface area contributed by atoms with Crippen LogP contribution in [0.1, 0.15) is 28.4 Å². The Labute approximate surface area is 100 Å². The molecule has 0 fully saturated rings. The van der Waals surface area contributed by atoms with Crippen molar-refractivity contribution < 1.29 is 27.8 Å². The minimum Gasteiger partial charge on any atom is -0.478 e. The second-order valence-electron chi connectivity index (χ2n) is 3.32. The summed E-state index contributed by atoms with van der Waals surface area (Å²) in [4.78, 5) is 10.8.